The number of allylic oxidation sites excluding steroid dienone is 4. The van der Waals surface area contributed by atoms with Crippen molar-refractivity contribution in [3.63, 3.8) is 0 Å². The molecule has 1 unspecified atom stereocenters. The lowest BCUT2D eigenvalue weighted by Gasteiger charge is -2.07. The molecule has 0 radical (unpaired) electrons. The fourth-order valence-electron chi connectivity index (χ4n) is 1.29. The fourth-order valence-corrected chi connectivity index (χ4v) is 1.29. The van der Waals surface area contributed by atoms with Crippen molar-refractivity contribution in [3.05, 3.63) is 36.6 Å². The molecule has 2 heteroatoms. The minimum Gasteiger partial charge on any atom is -0.435 e. The summed E-state index contributed by atoms with van der Waals surface area (Å²) in [4.78, 5) is 10.5. The predicted molar refractivity (Wildman–Crippen MR) is 67.9 cm³/mol. The Morgan fingerprint density at radius 2 is 2.06 bits per heavy atom. The average Bonchev–Trinajstić information content (AvgIpc) is 2.20. The van der Waals surface area contributed by atoms with Crippen LogP contribution in [0.4, 0.5) is 0 Å². The molecule has 2 nitrogen and oxygen atoms in total. The number of carbonyl (C=O) groups is 1. The summed E-state index contributed by atoms with van der Waals surface area (Å²) in [6, 6.07) is 0. The van der Waals surface area contributed by atoms with Crippen LogP contribution in [0.5, 0.6) is 0 Å². The van der Waals surface area contributed by atoms with Gasteiger partial charge in [0.1, 0.15) is 0 Å². The molecular weight excluding hydrogens is 200 g/mol. The summed E-state index contributed by atoms with van der Waals surface area (Å²) in [6.07, 6.45) is 10.5. The lowest BCUT2D eigenvalue weighted by atomic mass is 9.99. The SMILES string of the molecule is C=CC(C/C=C\OC(C)=O)CCC=C(C)C. The van der Waals surface area contributed by atoms with Crippen molar-refractivity contribution < 1.29 is 9.53 Å². The smallest absolute Gasteiger partial charge is 0.307 e. The normalized spacial score (nSPS) is 12.2. The zero-order valence-corrected chi connectivity index (χ0v) is 10.5. The van der Waals surface area contributed by atoms with Gasteiger partial charge in [-0.3, -0.25) is 4.79 Å². The van der Waals surface area contributed by atoms with E-state index in [1.54, 1.807) is 0 Å². The van der Waals surface area contributed by atoms with E-state index in [4.69, 9.17) is 4.74 Å². The van der Waals surface area contributed by atoms with Crippen LogP contribution in [0.15, 0.2) is 36.6 Å². The topological polar surface area (TPSA) is 26.3 Å². The first-order valence-electron chi connectivity index (χ1n) is 5.64. The van der Waals surface area contributed by atoms with Crippen LogP contribution in [-0.4, -0.2) is 5.97 Å². The molecule has 0 aromatic heterocycles. The van der Waals surface area contributed by atoms with Crippen molar-refractivity contribution in [3.8, 4) is 0 Å². The third-order valence-electron chi connectivity index (χ3n) is 2.19. The Kier molecular flexibility index (Phi) is 8.22. The molecule has 90 valence electrons. The van der Waals surface area contributed by atoms with Gasteiger partial charge in [-0.1, -0.05) is 17.7 Å². The van der Waals surface area contributed by atoms with Gasteiger partial charge < -0.3 is 4.74 Å². The molecular formula is C14H22O2. The Labute approximate surface area is 98.7 Å². The molecule has 0 N–H and O–H groups in total. The summed E-state index contributed by atoms with van der Waals surface area (Å²) in [6.45, 7) is 9.40. The first-order chi connectivity index (χ1) is 7.56. The van der Waals surface area contributed by atoms with Gasteiger partial charge in [0.2, 0.25) is 0 Å². The first-order valence-corrected chi connectivity index (χ1v) is 5.64. The maximum atomic E-state index is 10.5. The van der Waals surface area contributed by atoms with Gasteiger partial charge in [0.15, 0.2) is 0 Å². The summed E-state index contributed by atoms with van der Waals surface area (Å²) in [5.41, 5.74) is 1.35. The highest BCUT2D eigenvalue weighted by Gasteiger charge is 2.00. The molecule has 0 rings (SSSR count). The van der Waals surface area contributed by atoms with Gasteiger partial charge in [-0.2, -0.15) is 0 Å². The van der Waals surface area contributed by atoms with Crippen molar-refractivity contribution in [1.29, 1.82) is 0 Å². The highest BCUT2D eigenvalue weighted by atomic mass is 16.5. The Morgan fingerprint density at radius 1 is 1.38 bits per heavy atom. The van der Waals surface area contributed by atoms with E-state index in [9.17, 15) is 4.79 Å². The molecule has 0 aromatic rings. The second-order valence-electron chi connectivity index (χ2n) is 4.07. The van der Waals surface area contributed by atoms with Gasteiger partial charge in [0.05, 0.1) is 6.26 Å². The largest absolute Gasteiger partial charge is 0.435 e. The lowest BCUT2D eigenvalue weighted by Crippen LogP contribution is -1.95. The molecule has 0 aliphatic heterocycles. The van der Waals surface area contributed by atoms with Crippen molar-refractivity contribution in [2.75, 3.05) is 0 Å². The van der Waals surface area contributed by atoms with E-state index in [0.29, 0.717) is 5.92 Å². The van der Waals surface area contributed by atoms with E-state index in [0.717, 1.165) is 19.3 Å². The van der Waals surface area contributed by atoms with Crippen molar-refractivity contribution >= 4 is 5.97 Å². The Hall–Kier alpha value is -1.31. The quantitative estimate of drug-likeness (QED) is 0.370. The maximum absolute atomic E-state index is 10.5. The number of esters is 1. The maximum Gasteiger partial charge on any atom is 0.307 e. The Bertz CT molecular complexity index is 270. The molecule has 0 saturated carbocycles. The molecule has 0 heterocycles. The molecule has 16 heavy (non-hydrogen) atoms. The summed E-state index contributed by atoms with van der Waals surface area (Å²) in [5.74, 6) is 0.165. The van der Waals surface area contributed by atoms with Crippen molar-refractivity contribution in [1.82, 2.24) is 0 Å². The summed E-state index contributed by atoms with van der Waals surface area (Å²) in [7, 11) is 0. The summed E-state index contributed by atoms with van der Waals surface area (Å²) in [5, 5.41) is 0. The van der Waals surface area contributed by atoms with Crippen LogP contribution >= 0.6 is 0 Å². The summed E-state index contributed by atoms with van der Waals surface area (Å²) < 4.78 is 4.71. The van der Waals surface area contributed by atoms with E-state index in [1.165, 1.54) is 18.8 Å². The highest BCUT2D eigenvalue weighted by Crippen LogP contribution is 2.14. The second kappa shape index (κ2) is 8.96. The third kappa shape index (κ3) is 9.25. The molecule has 0 aliphatic carbocycles. The van der Waals surface area contributed by atoms with Gasteiger partial charge in [-0.25, -0.2) is 0 Å². The minimum absolute atomic E-state index is 0.282. The van der Waals surface area contributed by atoms with Crippen LogP contribution in [0.3, 0.4) is 0 Å². The molecule has 0 aromatic carbocycles. The summed E-state index contributed by atoms with van der Waals surface area (Å²) >= 11 is 0. The minimum atomic E-state index is -0.282. The molecule has 0 fully saturated rings. The van der Waals surface area contributed by atoms with Gasteiger partial charge in [-0.05, 0) is 45.1 Å². The van der Waals surface area contributed by atoms with Crippen LogP contribution in [0.1, 0.15) is 40.0 Å². The molecule has 1 atom stereocenters. The van der Waals surface area contributed by atoms with Crippen molar-refractivity contribution in [2.24, 2.45) is 5.92 Å². The van der Waals surface area contributed by atoms with Crippen LogP contribution in [-0.2, 0) is 9.53 Å². The molecule has 0 amide bonds. The van der Waals surface area contributed by atoms with E-state index < -0.39 is 0 Å². The van der Waals surface area contributed by atoms with E-state index in [1.807, 2.05) is 12.2 Å². The van der Waals surface area contributed by atoms with Gasteiger partial charge in [0, 0.05) is 6.92 Å². The number of hydrogen-bond acceptors (Lipinski definition) is 2. The number of ether oxygens (including phenoxy) is 1. The van der Waals surface area contributed by atoms with E-state index in [-0.39, 0.29) is 5.97 Å². The Morgan fingerprint density at radius 3 is 2.56 bits per heavy atom. The first kappa shape index (κ1) is 14.7. The van der Waals surface area contributed by atoms with E-state index >= 15 is 0 Å². The van der Waals surface area contributed by atoms with E-state index in [2.05, 4.69) is 26.5 Å². The standard InChI is InChI=1S/C14H22O2/c1-5-14(9-6-8-12(2)3)10-7-11-16-13(4)15/h5,7-8,11,14H,1,6,9-10H2,2-4H3/b11-7-. The average molecular weight is 222 g/mol. The fraction of sp³-hybridized carbons (Fsp3) is 0.500. The molecule has 0 aliphatic rings. The monoisotopic (exact) mass is 222 g/mol. The molecule has 0 saturated heterocycles. The molecule has 0 spiro atoms. The number of hydrogen-bond donors (Lipinski definition) is 0. The third-order valence-corrected chi connectivity index (χ3v) is 2.19. The van der Waals surface area contributed by atoms with Crippen LogP contribution in [0, 0.1) is 5.92 Å². The zero-order chi connectivity index (χ0) is 12.4. The van der Waals surface area contributed by atoms with Crippen LogP contribution < -0.4 is 0 Å². The molecule has 0 bridgehead atoms. The van der Waals surface area contributed by atoms with Crippen LogP contribution in [0.25, 0.3) is 0 Å². The van der Waals surface area contributed by atoms with Crippen LogP contribution in [0.2, 0.25) is 0 Å². The highest BCUT2D eigenvalue weighted by molar-refractivity contribution is 5.66. The van der Waals surface area contributed by atoms with Crippen molar-refractivity contribution in [2.45, 2.75) is 40.0 Å². The zero-order valence-electron chi connectivity index (χ0n) is 10.5. The van der Waals surface area contributed by atoms with Gasteiger partial charge >= 0.3 is 5.97 Å². The number of rotatable bonds is 7. The Balaban J connectivity index is 3.83. The lowest BCUT2D eigenvalue weighted by molar-refractivity contribution is -0.135. The van der Waals surface area contributed by atoms with Gasteiger partial charge in [-0.15, -0.1) is 6.58 Å². The second-order valence-corrected chi connectivity index (χ2v) is 4.07. The van der Waals surface area contributed by atoms with Gasteiger partial charge in [0.25, 0.3) is 0 Å². The number of carbonyl (C=O) groups excluding carboxylic acids is 1. The predicted octanol–water partition coefficient (Wildman–Crippen LogP) is 4.00.